The highest BCUT2D eigenvalue weighted by Crippen LogP contribution is 2.03. The molecule has 5 heteroatoms. The molecule has 0 aliphatic heterocycles. The maximum Gasteiger partial charge on any atom is 0.336 e. The van der Waals surface area contributed by atoms with Gasteiger partial charge in [-0.1, -0.05) is 18.2 Å². The van der Waals surface area contributed by atoms with Gasteiger partial charge in [-0.2, -0.15) is 12.6 Å². The number of carboxylic acids is 1. The van der Waals surface area contributed by atoms with E-state index in [1.807, 2.05) is 0 Å². The van der Waals surface area contributed by atoms with Gasteiger partial charge >= 0.3 is 5.97 Å². The van der Waals surface area contributed by atoms with Crippen molar-refractivity contribution < 1.29 is 19.4 Å². The molecule has 0 bridgehead atoms. The van der Waals surface area contributed by atoms with Gasteiger partial charge in [-0.25, -0.2) is 9.18 Å². The lowest BCUT2D eigenvalue weighted by atomic mass is 10.1. The Kier molecular flexibility index (Phi) is 5.96. The lowest BCUT2D eigenvalue weighted by Gasteiger charge is -2.12. The van der Waals surface area contributed by atoms with E-state index in [2.05, 4.69) is 12.6 Å². The summed E-state index contributed by atoms with van der Waals surface area (Å²) in [6.07, 6.45) is 0. The van der Waals surface area contributed by atoms with E-state index in [9.17, 15) is 9.18 Å². The molecular weight excluding hydrogens is 219 g/mol. The van der Waals surface area contributed by atoms with E-state index < -0.39 is 11.6 Å². The molecule has 15 heavy (non-hydrogen) atoms. The highest BCUT2D eigenvalue weighted by atomic mass is 32.1. The Morgan fingerprint density at radius 1 is 1.47 bits per heavy atom. The van der Waals surface area contributed by atoms with Gasteiger partial charge in [0.05, 0.1) is 0 Å². The van der Waals surface area contributed by atoms with E-state index in [1.165, 1.54) is 19.1 Å². The number of thiol groups is 1. The third-order valence-corrected chi connectivity index (χ3v) is 2.12. The molecule has 0 spiro atoms. The van der Waals surface area contributed by atoms with Crippen LogP contribution in [0.3, 0.4) is 0 Å². The molecule has 0 heterocycles. The van der Waals surface area contributed by atoms with E-state index in [0.29, 0.717) is 0 Å². The topological polar surface area (TPSA) is 57.5 Å². The number of halogens is 1. The van der Waals surface area contributed by atoms with Gasteiger partial charge < -0.3 is 10.2 Å². The first kappa shape index (κ1) is 13.9. The molecule has 0 saturated heterocycles. The average molecular weight is 232 g/mol. The van der Waals surface area contributed by atoms with Crippen LogP contribution in [0.15, 0.2) is 30.3 Å². The van der Waals surface area contributed by atoms with Crippen molar-refractivity contribution in [1.29, 1.82) is 0 Å². The average Bonchev–Trinajstić information content (AvgIpc) is 2.19. The predicted octanol–water partition coefficient (Wildman–Crippen LogP) is 1.58. The van der Waals surface area contributed by atoms with Crippen LogP contribution in [0.2, 0.25) is 0 Å². The Morgan fingerprint density at radius 2 is 1.93 bits per heavy atom. The maximum atomic E-state index is 11.9. The number of aliphatic hydroxyl groups is 1. The first-order valence-corrected chi connectivity index (χ1v) is 4.80. The van der Waals surface area contributed by atoms with Crippen LogP contribution in [0, 0.1) is 5.82 Å². The fourth-order valence-corrected chi connectivity index (χ4v) is 0.618. The van der Waals surface area contributed by atoms with E-state index in [4.69, 9.17) is 10.2 Å². The van der Waals surface area contributed by atoms with Gasteiger partial charge in [-0.05, 0) is 19.1 Å². The minimum absolute atomic E-state index is 0.0671. The molecule has 2 N–H and O–H groups in total. The summed E-state index contributed by atoms with van der Waals surface area (Å²) in [5.41, 5.74) is -1.68. The number of benzene rings is 1. The summed E-state index contributed by atoms with van der Waals surface area (Å²) >= 11 is 3.61. The van der Waals surface area contributed by atoms with Crippen LogP contribution in [0.1, 0.15) is 6.92 Å². The van der Waals surface area contributed by atoms with Crippen LogP contribution in [0.5, 0.6) is 0 Å². The molecule has 1 aromatic rings. The van der Waals surface area contributed by atoms with Crippen LogP contribution in [0.4, 0.5) is 4.39 Å². The summed E-state index contributed by atoms with van der Waals surface area (Å²) in [7, 11) is 0. The number of hydrogen-bond donors (Lipinski definition) is 3. The van der Waals surface area contributed by atoms with E-state index in [1.54, 1.807) is 18.2 Å². The second-order valence-corrected chi connectivity index (χ2v) is 3.35. The molecule has 0 fully saturated rings. The van der Waals surface area contributed by atoms with Crippen molar-refractivity contribution in [3.63, 3.8) is 0 Å². The molecule has 0 aromatic heterocycles. The Morgan fingerprint density at radius 3 is 2.07 bits per heavy atom. The van der Waals surface area contributed by atoms with Gasteiger partial charge in [0.15, 0.2) is 5.60 Å². The summed E-state index contributed by atoms with van der Waals surface area (Å²) in [6.45, 7) is 1.20. The Hall–Kier alpha value is -1.07. The molecule has 0 aliphatic rings. The highest BCUT2D eigenvalue weighted by Gasteiger charge is 2.27. The largest absolute Gasteiger partial charge is 0.479 e. The Bertz CT molecular complexity index is 301. The van der Waals surface area contributed by atoms with Crippen molar-refractivity contribution in [3.05, 3.63) is 36.1 Å². The summed E-state index contributed by atoms with van der Waals surface area (Å²) in [6, 6.07) is 7.94. The first-order chi connectivity index (χ1) is 6.90. The zero-order valence-electron chi connectivity index (χ0n) is 8.22. The Labute approximate surface area is 93.0 Å². The van der Waals surface area contributed by atoms with Crippen molar-refractivity contribution in [1.82, 2.24) is 0 Å². The second-order valence-electron chi connectivity index (χ2n) is 3.03. The van der Waals surface area contributed by atoms with Gasteiger partial charge in [0.1, 0.15) is 5.82 Å². The van der Waals surface area contributed by atoms with Crippen LogP contribution in [0.25, 0.3) is 0 Å². The first-order valence-electron chi connectivity index (χ1n) is 4.17. The number of hydrogen-bond acceptors (Lipinski definition) is 3. The zero-order valence-corrected chi connectivity index (χ0v) is 9.12. The van der Waals surface area contributed by atoms with E-state index in [-0.39, 0.29) is 11.6 Å². The number of rotatable bonds is 2. The van der Waals surface area contributed by atoms with E-state index in [0.717, 1.165) is 0 Å². The van der Waals surface area contributed by atoms with Crippen molar-refractivity contribution in [2.45, 2.75) is 12.5 Å². The van der Waals surface area contributed by atoms with Gasteiger partial charge in [0, 0.05) is 5.75 Å². The van der Waals surface area contributed by atoms with Crippen molar-refractivity contribution in [2.24, 2.45) is 0 Å². The molecule has 1 unspecified atom stereocenters. The molecule has 3 nitrogen and oxygen atoms in total. The lowest BCUT2D eigenvalue weighted by molar-refractivity contribution is -0.154. The van der Waals surface area contributed by atoms with Gasteiger partial charge in [-0.15, -0.1) is 0 Å². The second kappa shape index (κ2) is 6.42. The van der Waals surface area contributed by atoms with Crippen LogP contribution in [-0.4, -0.2) is 27.5 Å². The highest BCUT2D eigenvalue weighted by molar-refractivity contribution is 7.80. The molecule has 0 radical (unpaired) electrons. The molecule has 84 valence electrons. The third-order valence-electron chi connectivity index (χ3n) is 1.50. The van der Waals surface area contributed by atoms with Crippen molar-refractivity contribution in [2.75, 3.05) is 5.75 Å². The van der Waals surface area contributed by atoms with Crippen LogP contribution >= 0.6 is 12.6 Å². The smallest absolute Gasteiger partial charge is 0.336 e. The predicted molar refractivity (Wildman–Crippen MR) is 58.5 cm³/mol. The summed E-state index contributed by atoms with van der Waals surface area (Å²) in [5, 5.41) is 16.9. The molecule has 1 atom stereocenters. The maximum absolute atomic E-state index is 11.9. The summed E-state index contributed by atoms with van der Waals surface area (Å²) in [4.78, 5) is 9.95. The van der Waals surface area contributed by atoms with Crippen molar-refractivity contribution >= 4 is 18.6 Å². The third kappa shape index (κ3) is 6.09. The van der Waals surface area contributed by atoms with Gasteiger partial charge in [0.25, 0.3) is 0 Å². The zero-order chi connectivity index (χ0) is 11.9. The molecule has 0 amide bonds. The van der Waals surface area contributed by atoms with Gasteiger partial charge in [-0.3, -0.25) is 0 Å². The number of aliphatic carboxylic acids is 1. The standard InChI is InChI=1S/C6H5F.C4H8O3S/c7-6-4-2-1-3-5-6;1-4(7,2-8)3(5)6/h1-5H;7-8H,2H2,1H3,(H,5,6). The van der Waals surface area contributed by atoms with Crippen molar-refractivity contribution in [3.8, 4) is 0 Å². The quantitative estimate of drug-likeness (QED) is 0.678. The molecule has 0 aliphatic carbocycles. The molecule has 1 aromatic carbocycles. The van der Waals surface area contributed by atoms with E-state index >= 15 is 0 Å². The van der Waals surface area contributed by atoms with Crippen LogP contribution < -0.4 is 0 Å². The fourth-order valence-electron chi connectivity index (χ4n) is 0.482. The normalized spacial score (nSPS) is 13.3. The molecular formula is C10H13FO3S. The number of carboxylic acid groups (broad SMARTS) is 1. The SMILES string of the molecule is CC(O)(CS)C(=O)O.Fc1ccccc1. The summed E-state index contributed by atoms with van der Waals surface area (Å²) in [5.74, 6) is -1.49. The fraction of sp³-hybridized carbons (Fsp3) is 0.300. The monoisotopic (exact) mass is 232 g/mol. The lowest BCUT2D eigenvalue weighted by Crippen LogP contribution is -2.36. The Balaban J connectivity index is 0.000000262. The number of carbonyl (C=O) groups is 1. The van der Waals surface area contributed by atoms with Crippen LogP contribution in [-0.2, 0) is 4.79 Å². The molecule has 1 rings (SSSR count). The van der Waals surface area contributed by atoms with Gasteiger partial charge in [0.2, 0.25) is 0 Å². The minimum atomic E-state index is -1.68. The molecule has 0 saturated carbocycles. The summed E-state index contributed by atoms with van der Waals surface area (Å²) < 4.78 is 11.9. The minimum Gasteiger partial charge on any atom is -0.479 e.